The summed E-state index contributed by atoms with van der Waals surface area (Å²) in [6.07, 6.45) is 6.27. The first-order valence-electron chi connectivity index (χ1n) is 9.39. The molecule has 0 unspecified atom stereocenters. The van der Waals surface area contributed by atoms with Crippen LogP contribution in [0.4, 0.5) is 10.2 Å². The summed E-state index contributed by atoms with van der Waals surface area (Å²) < 4.78 is 45.3. The molecule has 2 aromatic heterocycles. The average Bonchev–Trinajstić information content (AvgIpc) is 3.05. The topological polar surface area (TPSA) is 92.5 Å². The summed E-state index contributed by atoms with van der Waals surface area (Å²) in [5.41, 5.74) is 1.48. The van der Waals surface area contributed by atoms with Crippen LogP contribution in [0, 0.1) is 5.82 Å². The van der Waals surface area contributed by atoms with Crippen LogP contribution in [0.25, 0.3) is 28.5 Å². The second kappa shape index (κ2) is 7.56. The summed E-state index contributed by atoms with van der Waals surface area (Å²) in [7, 11) is -2.05. The van der Waals surface area contributed by atoms with E-state index < -0.39 is 15.8 Å². The molecule has 0 saturated heterocycles. The van der Waals surface area contributed by atoms with E-state index in [2.05, 4.69) is 10.3 Å². The number of benzene rings is 1. The van der Waals surface area contributed by atoms with Gasteiger partial charge in [-0.1, -0.05) is 12.2 Å². The summed E-state index contributed by atoms with van der Waals surface area (Å²) in [6, 6.07) is 7.28. The minimum atomic E-state index is -3.55. The summed E-state index contributed by atoms with van der Waals surface area (Å²) in [5, 5.41) is 3.04. The number of nitrogens with zero attached hydrogens (tertiary/aromatic N) is 2. The Morgan fingerprint density at radius 1 is 1.27 bits per heavy atom. The van der Waals surface area contributed by atoms with Gasteiger partial charge in [-0.3, -0.25) is 9.10 Å². The second-order valence-corrected chi connectivity index (χ2v) is 8.93. The molecular weight excluding hydrogens is 409 g/mol. The summed E-state index contributed by atoms with van der Waals surface area (Å²) >= 11 is 0. The number of carbonyl (C=O) groups is 1. The Morgan fingerprint density at radius 3 is 2.67 bits per heavy atom. The molecule has 0 bridgehead atoms. The lowest BCUT2D eigenvalue weighted by Gasteiger charge is -2.24. The maximum atomic E-state index is 13.4. The first-order chi connectivity index (χ1) is 14.3. The van der Waals surface area contributed by atoms with E-state index in [1.165, 1.54) is 35.6 Å². The number of aromatic nitrogens is 1. The third kappa shape index (κ3) is 3.56. The number of pyridine rings is 1. The molecule has 1 N–H and O–H groups in total. The van der Waals surface area contributed by atoms with Gasteiger partial charge in [0.15, 0.2) is 5.82 Å². The number of allylic oxidation sites excluding steroid dienone is 1. The Balaban J connectivity index is 2.02. The largest absolute Gasteiger partial charge is 0.437 e. The Hall–Kier alpha value is -3.20. The quantitative estimate of drug-likeness (QED) is 0.687. The number of fused-ring (bicyclic) bond motifs is 2. The summed E-state index contributed by atoms with van der Waals surface area (Å²) in [4.78, 5) is 17.1. The van der Waals surface area contributed by atoms with Crippen LogP contribution in [0.2, 0.25) is 0 Å². The number of sulfonamides is 1. The van der Waals surface area contributed by atoms with Crippen molar-refractivity contribution in [1.29, 1.82) is 0 Å². The van der Waals surface area contributed by atoms with Crippen LogP contribution in [0.5, 0.6) is 0 Å². The number of halogens is 1. The number of hydrogen-bond acceptors (Lipinski definition) is 5. The SMILES string of the molecule is CNC(=O)c1c(-c2ccc(F)cc2)oc2nc3c(cc12)C=CCCCN3S(C)(=O)=O. The van der Waals surface area contributed by atoms with Gasteiger partial charge >= 0.3 is 0 Å². The highest BCUT2D eigenvalue weighted by Crippen LogP contribution is 2.37. The van der Waals surface area contributed by atoms with Crippen LogP contribution >= 0.6 is 0 Å². The second-order valence-electron chi connectivity index (χ2n) is 7.03. The highest BCUT2D eigenvalue weighted by molar-refractivity contribution is 7.92. The Bertz CT molecular complexity index is 1260. The van der Waals surface area contributed by atoms with Gasteiger partial charge in [0.2, 0.25) is 15.7 Å². The molecule has 0 spiro atoms. The van der Waals surface area contributed by atoms with Crippen molar-refractivity contribution in [3.05, 3.63) is 53.4 Å². The predicted octanol–water partition coefficient (Wildman–Crippen LogP) is 3.57. The van der Waals surface area contributed by atoms with E-state index in [1.54, 1.807) is 12.1 Å². The highest BCUT2D eigenvalue weighted by atomic mass is 32.2. The Morgan fingerprint density at radius 2 is 2.00 bits per heavy atom. The molecule has 3 heterocycles. The minimum Gasteiger partial charge on any atom is -0.437 e. The molecule has 156 valence electrons. The predicted molar refractivity (Wildman–Crippen MR) is 113 cm³/mol. The van der Waals surface area contributed by atoms with Crippen molar-refractivity contribution in [1.82, 2.24) is 10.3 Å². The van der Waals surface area contributed by atoms with Crippen molar-refractivity contribution in [3.8, 4) is 11.3 Å². The number of hydrogen-bond donors (Lipinski definition) is 1. The molecule has 1 amide bonds. The number of amides is 1. The monoisotopic (exact) mass is 429 g/mol. The molecule has 1 aliphatic rings. The third-order valence-corrected chi connectivity index (χ3v) is 6.07. The van der Waals surface area contributed by atoms with Crippen molar-refractivity contribution in [3.63, 3.8) is 0 Å². The standard InChI is InChI=1S/C21H20FN3O4S/c1-23-20(26)17-16-12-14-6-4-3-5-11-25(30(2,27)28)19(14)24-21(16)29-18(17)13-7-9-15(22)10-8-13/h4,6-10,12H,3,5,11H2,1-2H3,(H,23,26). The number of furan rings is 1. The van der Waals surface area contributed by atoms with Crippen molar-refractivity contribution in [2.75, 3.05) is 24.2 Å². The first-order valence-corrected chi connectivity index (χ1v) is 11.2. The molecule has 1 aromatic carbocycles. The highest BCUT2D eigenvalue weighted by Gasteiger charge is 2.27. The number of nitrogens with one attached hydrogen (secondary N) is 1. The fraction of sp³-hybridized carbons (Fsp3) is 0.238. The molecule has 7 nitrogen and oxygen atoms in total. The van der Waals surface area contributed by atoms with Crippen molar-refractivity contribution < 1.29 is 22.0 Å². The van der Waals surface area contributed by atoms with Crippen LogP contribution in [0.1, 0.15) is 28.8 Å². The lowest BCUT2D eigenvalue weighted by Crippen LogP contribution is -2.32. The van der Waals surface area contributed by atoms with Gasteiger partial charge in [0.05, 0.1) is 17.2 Å². The van der Waals surface area contributed by atoms with E-state index in [0.29, 0.717) is 29.5 Å². The smallest absolute Gasteiger partial charge is 0.255 e. The zero-order chi connectivity index (χ0) is 21.5. The maximum Gasteiger partial charge on any atom is 0.255 e. The van der Waals surface area contributed by atoms with Crippen LogP contribution in [0.15, 0.2) is 40.8 Å². The van der Waals surface area contributed by atoms with E-state index in [4.69, 9.17) is 4.42 Å². The van der Waals surface area contributed by atoms with Crippen LogP contribution in [-0.4, -0.2) is 39.2 Å². The molecular formula is C21H20FN3O4S. The molecule has 30 heavy (non-hydrogen) atoms. The number of anilines is 1. The first kappa shape index (κ1) is 20.1. The average molecular weight is 429 g/mol. The molecule has 0 aliphatic carbocycles. The van der Waals surface area contributed by atoms with E-state index >= 15 is 0 Å². The van der Waals surface area contributed by atoms with Gasteiger partial charge in [-0.25, -0.2) is 12.8 Å². The molecule has 1 aliphatic heterocycles. The van der Waals surface area contributed by atoms with Crippen molar-refractivity contribution >= 4 is 38.9 Å². The van der Waals surface area contributed by atoms with Crippen molar-refractivity contribution in [2.24, 2.45) is 0 Å². The third-order valence-electron chi connectivity index (χ3n) is 4.92. The number of rotatable bonds is 3. The Labute approximate surface area is 173 Å². The van der Waals surface area contributed by atoms with E-state index in [-0.39, 0.29) is 28.8 Å². The molecule has 0 radical (unpaired) electrons. The van der Waals surface area contributed by atoms with Gasteiger partial charge in [0.1, 0.15) is 11.6 Å². The van der Waals surface area contributed by atoms with Crippen LogP contribution in [-0.2, 0) is 10.0 Å². The van der Waals surface area contributed by atoms with Gasteiger partial charge in [-0.2, -0.15) is 4.98 Å². The van der Waals surface area contributed by atoms with Crippen LogP contribution in [0.3, 0.4) is 0 Å². The summed E-state index contributed by atoms with van der Waals surface area (Å²) in [5.74, 6) is -0.301. The summed E-state index contributed by atoms with van der Waals surface area (Å²) in [6.45, 7) is 0.294. The zero-order valence-electron chi connectivity index (χ0n) is 16.5. The van der Waals surface area contributed by atoms with Gasteiger partial charge in [-0.15, -0.1) is 0 Å². The van der Waals surface area contributed by atoms with Crippen molar-refractivity contribution in [2.45, 2.75) is 12.8 Å². The molecule has 0 saturated carbocycles. The van der Waals surface area contributed by atoms with E-state index in [9.17, 15) is 17.6 Å². The van der Waals surface area contributed by atoms with Gasteiger partial charge < -0.3 is 9.73 Å². The molecule has 3 aromatic rings. The van der Waals surface area contributed by atoms with Crippen LogP contribution < -0.4 is 9.62 Å². The zero-order valence-corrected chi connectivity index (χ0v) is 17.3. The minimum absolute atomic E-state index is 0.134. The normalized spacial score (nSPS) is 14.3. The molecule has 9 heteroatoms. The van der Waals surface area contributed by atoms with Gasteiger partial charge in [-0.05, 0) is 43.2 Å². The molecule has 0 fully saturated rings. The lowest BCUT2D eigenvalue weighted by atomic mass is 10.0. The van der Waals surface area contributed by atoms with Gasteiger partial charge in [0.25, 0.3) is 5.91 Å². The molecule has 0 atom stereocenters. The van der Waals surface area contributed by atoms with Gasteiger partial charge in [0, 0.05) is 24.7 Å². The lowest BCUT2D eigenvalue weighted by molar-refractivity contribution is 0.0964. The molecule has 4 rings (SSSR count). The number of carbonyl (C=O) groups excluding carboxylic acids is 1. The Kier molecular flexibility index (Phi) is 5.07. The van der Waals surface area contributed by atoms with E-state index in [1.807, 2.05) is 6.08 Å². The fourth-order valence-electron chi connectivity index (χ4n) is 3.50. The van der Waals surface area contributed by atoms with E-state index in [0.717, 1.165) is 12.7 Å². The fourth-order valence-corrected chi connectivity index (χ4v) is 4.42. The maximum absolute atomic E-state index is 13.4.